The molecule has 7 heteroatoms. The third-order valence-electron chi connectivity index (χ3n) is 1.98. The number of nitrogens with one attached hydrogen (secondary N) is 1. The van der Waals surface area contributed by atoms with Crippen molar-refractivity contribution in [3.05, 3.63) is 18.3 Å². The Morgan fingerprint density at radius 3 is 2.88 bits per heavy atom. The van der Waals surface area contributed by atoms with E-state index in [1.54, 1.807) is 13.0 Å². The van der Waals surface area contributed by atoms with Crippen molar-refractivity contribution < 1.29 is 13.2 Å². The van der Waals surface area contributed by atoms with E-state index < -0.39 is 10.0 Å². The van der Waals surface area contributed by atoms with E-state index in [2.05, 4.69) is 9.71 Å². The summed E-state index contributed by atoms with van der Waals surface area (Å²) < 4.78 is 31.4. The van der Waals surface area contributed by atoms with Gasteiger partial charge < -0.3 is 10.5 Å². The van der Waals surface area contributed by atoms with Gasteiger partial charge in [0.05, 0.1) is 12.3 Å². The highest BCUT2D eigenvalue weighted by molar-refractivity contribution is 7.89. The second kappa shape index (κ2) is 5.95. The van der Waals surface area contributed by atoms with Crippen LogP contribution < -0.4 is 10.5 Å². The number of nitrogens with zero attached hydrogens (tertiary/aromatic N) is 1. The molecule has 1 rings (SSSR count). The van der Waals surface area contributed by atoms with Gasteiger partial charge >= 0.3 is 0 Å². The van der Waals surface area contributed by atoms with Crippen molar-refractivity contribution in [2.45, 2.75) is 24.9 Å². The van der Waals surface area contributed by atoms with E-state index in [4.69, 9.17) is 10.5 Å². The third-order valence-corrected chi connectivity index (χ3v) is 3.55. The normalized spacial score (nSPS) is 13.5. The molecule has 0 aliphatic carbocycles. The second-order valence-electron chi connectivity index (χ2n) is 3.58. The van der Waals surface area contributed by atoms with Crippen molar-refractivity contribution >= 4 is 15.7 Å². The number of ether oxygens (including phenoxy) is 1. The lowest BCUT2D eigenvalue weighted by Crippen LogP contribution is -2.36. The molecule has 0 saturated heterocycles. The van der Waals surface area contributed by atoms with Crippen LogP contribution >= 0.6 is 0 Å². The summed E-state index contributed by atoms with van der Waals surface area (Å²) in [5.41, 5.74) is 5.70. The zero-order valence-electron chi connectivity index (χ0n) is 9.88. The van der Waals surface area contributed by atoms with Crippen molar-refractivity contribution in [3.63, 3.8) is 0 Å². The lowest BCUT2D eigenvalue weighted by atomic mass is 10.4. The Labute approximate surface area is 101 Å². The molecule has 0 radical (unpaired) electrons. The van der Waals surface area contributed by atoms with E-state index in [-0.39, 0.29) is 16.8 Å². The molecule has 0 aromatic carbocycles. The molecule has 0 spiro atoms. The number of nitrogen functional groups attached to an aromatic ring is 1. The molecule has 1 aromatic heterocycles. The molecule has 1 unspecified atom stereocenters. The molecule has 1 heterocycles. The first kappa shape index (κ1) is 13.9. The molecule has 1 atom stereocenters. The minimum absolute atomic E-state index is 0.128. The number of pyridine rings is 1. The lowest BCUT2D eigenvalue weighted by Gasteiger charge is -2.14. The molecule has 96 valence electrons. The quantitative estimate of drug-likeness (QED) is 0.769. The minimum atomic E-state index is -3.69. The van der Waals surface area contributed by atoms with Crippen LogP contribution in [-0.2, 0) is 14.8 Å². The average molecular weight is 259 g/mol. The van der Waals surface area contributed by atoms with Gasteiger partial charge in [0.2, 0.25) is 0 Å². The van der Waals surface area contributed by atoms with Gasteiger partial charge in [0.1, 0.15) is 0 Å². The van der Waals surface area contributed by atoms with E-state index in [0.717, 1.165) is 0 Å². The zero-order chi connectivity index (χ0) is 12.9. The monoisotopic (exact) mass is 259 g/mol. The van der Waals surface area contributed by atoms with Gasteiger partial charge in [-0.2, -0.15) is 0 Å². The summed E-state index contributed by atoms with van der Waals surface area (Å²) in [7, 11) is -3.69. The Kier molecular flexibility index (Phi) is 4.86. The van der Waals surface area contributed by atoms with Crippen LogP contribution in [0.25, 0.3) is 0 Å². The van der Waals surface area contributed by atoms with E-state index in [9.17, 15) is 8.42 Å². The summed E-state index contributed by atoms with van der Waals surface area (Å²) in [6.45, 7) is 4.41. The fraction of sp³-hybridized carbons (Fsp3) is 0.500. The molecule has 0 fully saturated rings. The highest BCUT2D eigenvalue weighted by Gasteiger charge is 2.21. The summed E-state index contributed by atoms with van der Waals surface area (Å²) in [6.07, 6.45) is 1.39. The van der Waals surface area contributed by atoms with Crippen molar-refractivity contribution in [3.8, 4) is 0 Å². The standard InChI is InChI=1S/C10H17N3O3S/c1-3-16-7-8(2)13-17(14,15)10-9(11)5-4-6-12-10/h4-6,8,13H,3,7,11H2,1-2H3. The van der Waals surface area contributed by atoms with Gasteiger partial charge in [-0.3, -0.25) is 0 Å². The van der Waals surface area contributed by atoms with Crippen LogP contribution in [0, 0.1) is 0 Å². The number of hydrogen-bond donors (Lipinski definition) is 2. The first-order chi connectivity index (χ1) is 7.97. The molecule has 0 saturated carbocycles. The number of sulfonamides is 1. The Morgan fingerprint density at radius 1 is 1.59 bits per heavy atom. The Bertz CT molecular complexity index is 462. The number of aromatic nitrogens is 1. The second-order valence-corrected chi connectivity index (χ2v) is 5.21. The van der Waals surface area contributed by atoms with E-state index in [1.807, 2.05) is 6.92 Å². The zero-order valence-corrected chi connectivity index (χ0v) is 10.7. The van der Waals surface area contributed by atoms with Crippen LogP contribution in [0.15, 0.2) is 23.4 Å². The van der Waals surface area contributed by atoms with Gasteiger partial charge in [-0.25, -0.2) is 18.1 Å². The largest absolute Gasteiger partial charge is 0.396 e. The molecular weight excluding hydrogens is 242 g/mol. The first-order valence-corrected chi connectivity index (χ1v) is 6.76. The topological polar surface area (TPSA) is 94.3 Å². The Hall–Kier alpha value is -1.18. The van der Waals surface area contributed by atoms with Gasteiger partial charge in [0, 0.05) is 18.8 Å². The molecule has 1 aromatic rings. The molecular formula is C10H17N3O3S. The van der Waals surface area contributed by atoms with Gasteiger partial charge in [0.15, 0.2) is 5.03 Å². The van der Waals surface area contributed by atoms with Crippen molar-refractivity contribution in [1.82, 2.24) is 9.71 Å². The SMILES string of the molecule is CCOCC(C)NS(=O)(=O)c1ncccc1N. The average Bonchev–Trinajstić information content (AvgIpc) is 2.26. The van der Waals surface area contributed by atoms with Crippen LogP contribution in [0.2, 0.25) is 0 Å². The van der Waals surface area contributed by atoms with Crippen LogP contribution in [0.5, 0.6) is 0 Å². The fourth-order valence-electron chi connectivity index (χ4n) is 1.28. The minimum Gasteiger partial charge on any atom is -0.396 e. The number of anilines is 1. The van der Waals surface area contributed by atoms with Gasteiger partial charge in [-0.05, 0) is 26.0 Å². The van der Waals surface area contributed by atoms with E-state index >= 15 is 0 Å². The molecule has 0 bridgehead atoms. The van der Waals surface area contributed by atoms with Crippen LogP contribution in [0.1, 0.15) is 13.8 Å². The van der Waals surface area contributed by atoms with Gasteiger partial charge in [-0.15, -0.1) is 0 Å². The molecule has 0 aliphatic rings. The smallest absolute Gasteiger partial charge is 0.260 e. The van der Waals surface area contributed by atoms with Crippen molar-refractivity contribution in [2.75, 3.05) is 18.9 Å². The maximum absolute atomic E-state index is 11.9. The lowest BCUT2D eigenvalue weighted by molar-refractivity contribution is 0.133. The summed E-state index contributed by atoms with van der Waals surface area (Å²) >= 11 is 0. The van der Waals surface area contributed by atoms with Gasteiger partial charge in [-0.1, -0.05) is 0 Å². The summed E-state index contributed by atoms with van der Waals surface area (Å²) in [5, 5.41) is -0.150. The highest BCUT2D eigenvalue weighted by atomic mass is 32.2. The van der Waals surface area contributed by atoms with E-state index in [1.165, 1.54) is 12.3 Å². The number of nitrogens with two attached hydrogens (primary N) is 1. The molecule has 6 nitrogen and oxygen atoms in total. The van der Waals surface area contributed by atoms with Crippen LogP contribution in [0.3, 0.4) is 0 Å². The van der Waals surface area contributed by atoms with Crippen LogP contribution in [-0.4, -0.2) is 32.7 Å². The molecule has 0 amide bonds. The summed E-state index contributed by atoms with van der Waals surface area (Å²) in [6, 6.07) is 2.74. The van der Waals surface area contributed by atoms with Crippen molar-refractivity contribution in [2.24, 2.45) is 0 Å². The van der Waals surface area contributed by atoms with Crippen molar-refractivity contribution in [1.29, 1.82) is 0 Å². The molecule has 0 aliphatic heterocycles. The number of rotatable bonds is 6. The Balaban J connectivity index is 2.79. The predicted molar refractivity (Wildman–Crippen MR) is 64.9 cm³/mol. The van der Waals surface area contributed by atoms with E-state index in [0.29, 0.717) is 13.2 Å². The fourth-order valence-corrected chi connectivity index (χ4v) is 2.56. The summed E-state index contributed by atoms with van der Waals surface area (Å²) in [5.74, 6) is 0. The highest BCUT2D eigenvalue weighted by Crippen LogP contribution is 2.13. The summed E-state index contributed by atoms with van der Waals surface area (Å²) in [4.78, 5) is 3.77. The first-order valence-electron chi connectivity index (χ1n) is 5.28. The molecule has 3 N–H and O–H groups in total. The maximum atomic E-state index is 11.9. The molecule has 17 heavy (non-hydrogen) atoms. The number of hydrogen-bond acceptors (Lipinski definition) is 5. The van der Waals surface area contributed by atoms with Gasteiger partial charge in [0.25, 0.3) is 10.0 Å². The predicted octanol–water partition coefficient (Wildman–Crippen LogP) is 0.367. The Morgan fingerprint density at radius 2 is 2.29 bits per heavy atom. The third kappa shape index (κ3) is 3.95. The van der Waals surface area contributed by atoms with Crippen LogP contribution in [0.4, 0.5) is 5.69 Å². The maximum Gasteiger partial charge on any atom is 0.260 e.